The van der Waals surface area contributed by atoms with Gasteiger partial charge in [0.25, 0.3) is 0 Å². The molecule has 0 bridgehead atoms. The lowest BCUT2D eigenvalue weighted by atomic mass is 9.98. The van der Waals surface area contributed by atoms with E-state index in [2.05, 4.69) is 10.6 Å². The molecule has 6 nitrogen and oxygen atoms in total. The maximum absolute atomic E-state index is 11.9. The Bertz CT molecular complexity index is 417. The number of rotatable bonds is 5. The third kappa shape index (κ3) is 4.06. The number of hydrazine groups is 1. The first-order chi connectivity index (χ1) is 8.54. The molecule has 1 rings (SSSR count). The highest BCUT2D eigenvalue weighted by Gasteiger charge is 2.24. The second kappa shape index (κ2) is 6.61. The number of carbonyl (C=O) groups excluding carboxylic acids is 1. The van der Waals surface area contributed by atoms with E-state index in [1.807, 2.05) is 30.3 Å². The number of amides is 1. The fourth-order valence-corrected chi connectivity index (χ4v) is 1.55. The van der Waals surface area contributed by atoms with Crippen molar-refractivity contribution in [3.63, 3.8) is 0 Å². The molecule has 0 aliphatic heterocycles. The Balaban J connectivity index is 2.83. The van der Waals surface area contributed by atoms with Crippen LogP contribution in [0.2, 0.25) is 0 Å². The van der Waals surface area contributed by atoms with Crippen molar-refractivity contribution in [3.8, 4) is 0 Å². The van der Waals surface area contributed by atoms with Crippen LogP contribution in [0.4, 0.5) is 0 Å². The van der Waals surface area contributed by atoms with Crippen molar-refractivity contribution in [2.75, 3.05) is 14.1 Å². The maximum atomic E-state index is 11.9. The van der Waals surface area contributed by atoms with E-state index < -0.39 is 5.92 Å². The third-order valence-electron chi connectivity index (χ3n) is 2.41. The summed E-state index contributed by atoms with van der Waals surface area (Å²) in [5, 5.41) is 13.2. The Hall–Kier alpha value is -2.08. The average molecular weight is 250 g/mol. The van der Waals surface area contributed by atoms with Gasteiger partial charge in [-0.1, -0.05) is 35.5 Å². The Kier molecular flexibility index (Phi) is 5.13. The van der Waals surface area contributed by atoms with Crippen LogP contribution in [-0.2, 0) is 11.2 Å². The van der Waals surface area contributed by atoms with E-state index in [1.54, 1.807) is 14.1 Å². The molecule has 1 aromatic rings. The summed E-state index contributed by atoms with van der Waals surface area (Å²) in [6.45, 7) is 0. The van der Waals surface area contributed by atoms with E-state index in [-0.39, 0.29) is 11.7 Å². The second-order valence-corrected chi connectivity index (χ2v) is 4.14. The van der Waals surface area contributed by atoms with Gasteiger partial charge in [-0.25, -0.2) is 5.01 Å². The molecule has 0 spiro atoms. The molecule has 0 aliphatic rings. The van der Waals surface area contributed by atoms with Gasteiger partial charge in [-0.05, 0) is 12.0 Å². The molecule has 0 aliphatic carbocycles. The lowest BCUT2D eigenvalue weighted by molar-refractivity contribution is -0.126. The summed E-state index contributed by atoms with van der Waals surface area (Å²) >= 11 is 0. The number of hydrogen-bond acceptors (Lipinski definition) is 4. The summed E-state index contributed by atoms with van der Waals surface area (Å²) in [5.41, 5.74) is 9.11. The number of carbonyl (C=O) groups is 1. The Morgan fingerprint density at radius 1 is 1.44 bits per heavy atom. The summed E-state index contributed by atoms with van der Waals surface area (Å²) in [6, 6.07) is 9.42. The molecule has 1 unspecified atom stereocenters. The van der Waals surface area contributed by atoms with Gasteiger partial charge in [-0.2, -0.15) is 0 Å². The summed E-state index contributed by atoms with van der Waals surface area (Å²) in [5.74, 6) is -1.10. The molecule has 1 aromatic carbocycles. The first-order valence-corrected chi connectivity index (χ1v) is 5.53. The minimum atomic E-state index is -0.695. The zero-order chi connectivity index (χ0) is 13.5. The summed E-state index contributed by atoms with van der Waals surface area (Å²) < 4.78 is 0. The summed E-state index contributed by atoms with van der Waals surface area (Å²) in [7, 11) is 3.40. The van der Waals surface area contributed by atoms with Crippen LogP contribution in [0.15, 0.2) is 35.5 Å². The quantitative estimate of drug-likeness (QED) is 0.301. The van der Waals surface area contributed by atoms with Crippen LogP contribution < -0.4 is 11.2 Å². The van der Waals surface area contributed by atoms with E-state index >= 15 is 0 Å². The molecule has 98 valence electrons. The fourth-order valence-electron chi connectivity index (χ4n) is 1.55. The second-order valence-electron chi connectivity index (χ2n) is 4.14. The molecule has 0 saturated carbocycles. The van der Waals surface area contributed by atoms with Crippen molar-refractivity contribution >= 4 is 11.7 Å². The Morgan fingerprint density at radius 2 is 2.06 bits per heavy atom. The molecule has 0 radical (unpaired) electrons. The summed E-state index contributed by atoms with van der Waals surface area (Å²) in [4.78, 5) is 11.9. The predicted octanol–water partition coefficient (Wildman–Crippen LogP) is 0.185. The van der Waals surface area contributed by atoms with Gasteiger partial charge in [-0.3, -0.25) is 10.2 Å². The van der Waals surface area contributed by atoms with Crippen LogP contribution in [0, 0.1) is 5.92 Å². The van der Waals surface area contributed by atoms with Crippen molar-refractivity contribution in [1.82, 2.24) is 10.4 Å². The van der Waals surface area contributed by atoms with Gasteiger partial charge >= 0.3 is 0 Å². The SMILES string of the molecule is CN(C)NC(=O)C(Cc1ccccc1)/C(N)=N/O. The van der Waals surface area contributed by atoms with Gasteiger partial charge in [0.2, 0.25) is 5.91 Å². The molecule has 1 amide bonds. The molecule has 4 N–H and O–H groups in total. The zero-order valence-corrected chi connectivity index (χ0v) is 10.5. The Morgan fingerprint density at radius 3 is 2.56 bits per heavy atom. The smallest absolute Gasteiger partial charge is 0.245 e. The number of amidine groups is 1. The van der Waals surface area contributed by atoms with Gasteiger partial charge in [0.1, 0.15) is 5.92 Å². The van der Waals surface area contributed by atoms with Gasteiger partial charge in [0.15, 0.2) is 5.84 Å². The maximum Gasteiger partial charge on any atom is 0.245 e. The van der Waals surface area contributed by atoms with Crippen LogP contribution in [-0.4, -0.2) is 36.1 Å². The van der Waals surface area contributed by atoms with E-state index in [9.17, 15) is 4.79 Å². The number of hydrogen-bond donors (Lipinski definition) is 3. The largest absolute Gasteiger partial charge is 0.409 e. The van der Waals surface area contributed by atoms with Gasteiger partial charge in [-0.15, -0.1) is 0 Å². The highest BCUT2D eigenvalue weighted by Crippen LogP contribution is 2.09. The molecule has 0 aromatic heterocycles. The van der Waals surface area contributed by atoms with Crippen LogP contribution in [0.25, 0.3) is 0 Å². The van der Waals surface area contributed by atoms with Crippen molar-refractivity contribution in [2.24, 2.45) is 16.8 Å². The molecule has 0 saturated heterocycles. The Labute approximate surface area is 106 Å². The fraction of sp³-hybridized carbons (Fsp3) is 0.333. The number of oxime groups is 1. The van der Waals surface area contributed by atoms with Crippen LogP contribution in [0.3, 0.4) is 0 Å². The predicted molar refractivity (Wildman–Crippen MR) is 68.9 cm³/mol. The molecular formula is C12H18N4O2. The van der Waals surface area contributed by atoms with E-state index in [4.69, 9.17) is 10.9 Å². The van der Waals surface area contributed by atoms with Crippen molar-refractivity contribution < 1.29 is 10.0 Å². The number of nitrogens with two attached hydrogens (primary N) is 1. The lowest BCUT2D eigenvalue weighted by Gasteiger charge is -2.18. The van der Waals surface area contributed by atoms with Crippen LogP contribution >= 0.6 is 0 Å². The van der Waals surface area contributed by atoms with E-state index in [1.165, 1.54) is 5.01 Å². The van der Waals surface area contributed by atoms with Crippen LogP contribution in [0.1, 0.15) is 5.56 Å². The molecule has 6 heteroatoms. The minimum Gasteiger partial charge on any atom is -0.409 e. The van der Waals surface area contributed by atoms with E-state index in [0.29, 0.717) is 6.42 Å². The normalized spacial score (nSPS) is 13.4. The monoisotopic (exact) mass is 250 g/mol. The van der Waals surface area contributed by atoms with Gasteiger partial charge < -0.3 is 10.9 Å². The van der Waals surface area contributed by atoms with Crippen molar-refractivity contribution in [2.45, 2.75) is 6.42 Å². The molecular weight excluding hydrogens is 232 g/mol. The zero-order valence-electron chi connectivity index (χ0n) is 10.5. The topological polar surface area (TPSA) is 91.0 Å². The number of benzene rings is 1. The summed E-state index contributed by atoms with van der Waals surface area (Å²) in [6.07, 6.45) is 0.385. The molecule has 1 atom stereocenters. The highest BCUT2D eigenvalue weighted by molar-refractivity contribution is 6.02. The molecule has 0 heterocycles. The highest BCUT2D eigenvalue weighted by atomic mass is 16.4. The lowest BCUT2D eigenvalue weighted by Crippen LogP contribution is -2.45. The van der Waals surface area contributed by atoms with Crippen LogP contribution in [0.5, 0.6) is 0 Å². The van der Waals surface area contributed by atoms with E-state index in [0.717, 1.165) is 5.56 Å². The first kappa shape index (κ1) is 14.0. The van der Waals surface area contributed by atoms with Gasteiger partial charge in [0.05, 0.1) is 0 Å². The number of nitrogens with one attached hydrogen (secondary N) is 1. The number of nitrogens with zero attached hydrogens (tertiary/aromatic N) is 2. The standard InChI is InChI=1S/C12H18N4O2/c1-16(2)14-12(17)10(11(13)15-18)8-9-6-4-3-5-7-9/h3-7,10,18H,8H2,1-2H3,(H2,13,15)(H,14,17). The minimum absolute atomic E-state index is 0.0989. The first-order valence-electron chi connectivity index (χ1n) is 5.53. The van der Waals surface area contributed by atoms with Gasteiger partial charge in [0, 0.05) is 14.1 Å². The van der Waals surface area contributed by atoms with Crippen molar-refractivity contribution in [1.29, 1.82) is 0 Å². The average Bonchev–Trinajstić information content (AvgIpc) is 2.35. The third-order valence-corrected chi connectivity index (χ3v) is 2.41. The molecule has 18 heavy (non-hydrogen) atoms. The van der Waals surface area contributed by atoms with Crippen molar-refractivity contribution in [3.05, 3.63) is 35.9 Å². The molecule has 0 fully saturated rings.